The lowest BCUT2D eigenvalue weighted by Crippen LogP contribution is -2.43. The Morgan fingerprint density at radius 3 is 2.62 bits per heavy atom. The molecule has 11 nitrogen and oxygen atoms in total. The average Bonchev–Trinajstić information content (AvgIpc) is 3.20. The minimum atomic E-state index is -0.545. The monoisotopic (exact) mass is 501 g/mol. The number of aryl methyl sites for hydroxylation is 1. The maximum absolute atomic E-state index is 12.8. The summed E-state index contributed by atoms with van der Waals surface area (Å²) in [6.45, 7) is 5.74. The molecule has 3 aliphatic rings. The van der Waals surface area contributed by atoms with Crippen molar-refractivity contribution in [2.24, 2.45) is 4.99 Å². The highest BCUT2D eigenvalue weighted by molar-refractivity contribution is 6.00. The van der Waals surface area contributed by atoms with Crippen LogP contribution >= 0.6 is 0 Å². The first kappa shape index (κ1) is 23.4. The van der Waals surface area contributed by atoms with E-state index in [0.29, 0.717) is 34.2 Å². The summed E-state index contributed by atoms with van der Waals surface area (Å²) in [5, 5.41) is 20.9. The fourth-order valence-corrected chi connectivity index (χ4v) is 5.69. The molecule has 37 heavy (non-hydrogen) atoms. The quantitative estimate of drug-likeness (QED) is 0.401. The van der Waals surface area contributed by atoms with Gasteiger partial charge in [-0.3, -0.25) is 4.79 Å². The van der Waals surface area contributed by atoms with Gasteiger partial charge >= 0.3 is 0 Å². The molecule has 4 N–H and O–H groups in total. The van der Waals surface area contributed by atoms with E-state index >= 15 is 0 Å². The van der Waals surface area contributed by atoms with Crippen molar-refractivity contribution in [1.82, 2.24) is 30.3 Å². The first-order valence-electron chi connectivity index (χ1n) is 12.9. The van der Waals surface area contributed by atoms with Crippen LogP contribution in [0.5, 0.6) is 0 Å². The molecule has 1 amide bonds. The van der Waals surface area contributed by atoms with E-state index < -0.39 is 5.54 Å². The number of carbonyl (C=O) groups is 1. The van der Waals surface area contributed by atoms with Gasteiger partial charge in [0.15, 0.2) is 11.3 Å². The molecule has 1 aliphatic carbocycles. The normalized spacial score (nSPS) is 19.1. The number of amides is 1. The number of piperazine rings is 1. The van der Waals surface area contributed by atoms with Crippen molar-refractivity contribution in [3.05, 3.63) is 59.1 Å². The van der Waals surface area contributed by atoms with Crippen LogP contribution in [0.1, 0.15) is 53.7 Å². The van der Waals surface area contributed by atoms with Gasteiger partial charge in [-0.15, -0.1) is 0 Å². The Balaban J connectivity index is 1.28. The van der Waals surface area contributed by atoms with Crippen molar-refractivity contribution in [3.8, 4) is 0 Å². The van der Waals surface area contributed by atoms with E-state index in [4.69, 9.17) is 0 Å². The molecule has 0 unspecified atom stereocenters. The highest BCUT2D eigenvalue weighted by Gasteiger charge is 2.47. The van der Waals surface area contributed by atoms with Gasteiger partial charge in [0.25, 0.3) is 5.91 Å². The van der Waals surface area contributed by atoms with Crippen molar-refractivity contribution >= 4 is 29.0 Å². The van der Waals surface area contributed by atoms with Crippen molar-refractivity contribution < 1.29 is 10.0 Å². The fraction of sp³-hybridized carbons (Fsp3) is 0.423. The minimum absolute atomic E-state index is 0.132. The van der Waals surface area contributed by atoms with Gasteiger partial charge < -0.3 is 26.1 Å². The number of hydrogen-bond donors (Lipinski definition) is 4. The summed E-state index contributed by atoms with van der Waals surface area (Å²) in [6, 6.07) is 7.39. The number of nitrogens with zero attached hydrogens (tertiary/aromatic N) is 6. The Morgan fingerprint density at radius 1 is 1.05 bits per heavy atom. The maximum Gasteiger partial charge on any atom is 0.254 e. The molecular weight excluding hydrogens is 470 g/mol. The fourth-order valence-electron chi connectivity index (χ4n) is 5.69. The third kappa shape index (κ3) is 4.39. The molecule has 0 bridgehead atoms. The third-order valence-electron chi connectivity index (χ3n) is 7.51. The summed E-state index contributed by atoms with van der Waals surface area (Å²) >= 11 is 0. The largest absolute Gasteiger partial charge is 0.427 e. The summed E-state index contributed by atoms with van der Waals surface area (Å²) in [5.41, 5.74) is 2.80. The second-order valence-electron chi connectivity index (χ2n) is 9.95. The highest BCUT2D eigenvalue weighted by Crippen LogP contribution is 2.42. The van der Waals surface area contributed by atoms with Crippen LogP contribution in [-0.2, 0) is 5.54 Å². The van der Waals surface area contributed by atoms with Gasteiger partial charge in [-0.2, -0.15) is 4.73 Å². The lowest BCUT2D eigenvalue weighted by atomic mass is 9.79. The number of anilines is 3. The summed E-state index contributed by atoms with van der Waals surface area (Å²) < 4.78 is 1.07. The topological polar surface area (TPSA) is 133 Å². The van der Waals surface area contributed by atoms with Crippen LogP contribution in [0, 0.1) is 6.92 Å². The molecule has 0 radical (unpaired) electrons. The van der Waals surface area contributed by atoms with Crippen LogP contribution < -0.4 is 26.3 Å². The predicted octanol–water partition coefficient (Wildman–Crippen LogP) is 2.51. The number of pyridine rings is 2. The Morgan fingerprint density at radius 2 is 1.86 bits per heavy atom. The second-order valence-corrected chi connectivity index (χ2v) is 9.95. The lowest BCUT2D eigenvalue weighted by Gasteiger charge is -2.34. The first-order chi connectivity index (χ1) is 18.0. The van der Waals surface area contributed by atoms with Gasteiger partial charge in [0.2, 0.25) is 0 Å². The molecule has 5 heterocycles. The molecule has 3 aromatic rings. The third-order valence-corrected chi connectivity index (χ3v) is 7.51. The molecule has 2 aliphatic heterocycles. The van der Waals surface area contributed by atoms with Gasteiger partial charge in [0, 0.05) is 32.2 Å². The predicted molar refractivity (Wildman–Crippen MR) is 138 cm³/mol. The van der Waals surface area contributed by atoms with E-state index in [2.05, 4.69) is 40.8 Å². The summed E-state index contributed by atoms with van der Waals surface area (Å²) in [7, 11) is 0. The second kappa shape index (κ2) is 9.47. The summed E-state index contributed by atoms with van der Waals surface area (Å²) in [5.74, 6) is 1.46. The van der Waals surface area contributed by atoms with E-state index in [-0.39, 0.29) is 5.91 Å². The van der Waals surface area contributed by atoms with E-state index in [1.54, 1.807) is 12.1 Å². The van der Waals surface area contributed by atoms with Crippen molar-refractivity contribution in [2.75, 3.05) is 36.4 Å². The Bertz CT molecular complexity index is 1390. The van der Waals surface area contributed by atoms with Gasteiger partial charge in [-0.1, -0.05) is 19.3 Å². The van der Waals surface area contributed by atoms with E-state index in [9.17, 15) is 10.0 Å². The summed E-state index contributed by atoms with van der Waals surface area (Å²) in [4.78, 5) is 32.8. The Labute approximate surface area is 214 Å². The molecule has 0 aromatic carbocycles. The number of rotatable bonds is 4. The number of hydrogen-bond acceptors (Lipinski definition) is 9. The Kier molecular flexibility index (Phi) is 5.99. The molecule has 0 atom stereocenters. The molecule has 1 saturated heterocycles. The smallest absolute Gasteiger partial charge is 0.254 e. The van der Waals surface area contributed by atoms with Crippen molar-refractivity contribution in [3.63, 3.8) is 0 Å². The molecule has 192 valence electrons. The zero-order valence-corrected chi connectivity index (χ0v) is 20.9. The van der Waals surface area contributed by atoms with Gasteiger partial charge in [0.1, 0.15) is 18.0 Å². The molecule has 2 fully saturated rings. The van der Waals surface area contributed by atoms with Crippen LogP contribution in [0.25, 0.3) is 0 Å². The summed E-state index contributed by atoms with van der Waals surface area (Å²) in [6.07, 6.45) is 8.03. The van der Waals surface area contributed by atoms with Crippen LogP contribution in [0.3, 0.4) is 0 Å². The average molecular weight is 502 g/mol. The molecule has 11 heteroatoms. The lowest BCUT2D eigenvalue weighted by molar-refractivity contribution is 0.0892. The molecule has 6 rings (SSSR count). The minimum Gasteiger partial charge on any atom is -0.427 e. The van der Waals surface area contributed by atoms with Gasteiger partial charge in [-0.25, -0.2) is 19.9 Å². The number of carbonyl (C=O) groups excluding carboxylic acids is 1. The van der Waals surface area contributed by atoms with E-state index in [1.807, 2.05) is 25.3 Å². The first-order valence-corrected chi connectivity index (χ1v) is 12.9. The standard InChI is InChI=1S/C26H31N9O2/c1-17-13-22(35(37)24-23(17)25(36)33-26(24)7-3-2-4-8-26)32-21-14-20(29-16-30-21)31-19-6-5-18(15-28-19)34-11-9-27-10-12-34/h5-6,13-16,27,37H,2-4,7-12H2,1H3,(H,33,36)(H,28,29,30,31). The Hall–Kier alpha value is -3.99. The van der Waals surface area contributed by atoms with E-state index in [1.165, 1.54) is 6.33 Å². The molecule has 1 spiro atoms. The van der Waals surface area contributed by atoms with Crippen molar-refractivity contribution in [2.45, 2.75) is 44.6 Å². The zero-order valence-electron chi connectivity index (χ0n) is 20.9. The van der Waals surface area contributed by atoms with Gasteiger partial charge in [0.05, 0.1) is 28.7 Å². The van der Waals surface area contributed by atoms with E-state index in [0.717, 1.165) is 74.3 Å². The highest BCUT2D eigenvalue weighted by atomic mass is 16.5. The molecule has 1 saturated carbocycles. The number of fused-ring (bicyclic) bond motifs is 2. The van der Waals surface area contributed by atoms with Crippen molar-refractivity contribution in [1.29, 1.82) is 0 Å². The molecular formula is C26H31N9O2. The van der Waals surface area contributed by atoms with Crippen LogP contribution in [0.2, 0.25) is 0 Å². The number of aromatic nitrogens is 4. The molecule has 3 aromatic heterocycles. The van der Waals surface area contributed by atoms with Crippen LogP contribution in [0.15, 0.2) is 41.8 Å². The SMILES string of the molecule is Cc1cc(=Nc2cc(Nc3ccc(N4CCNCC4)cn3)ncn2)n(O)c2c1C(=O)NC21CCCCC1. The van der Waals surface area contributed by atoms with Crippen LogP contribution in [-0.4, -0.2) is 57.0 Å². The maximum atomic E-state index is 12.8. The van der Waals surface area contributed by atoms with Crippen LogP contribution in [0.4, 0.5) is 23.1 Å². The zero-order chi connectivity index (χ0) is 25.4. The van der Waals surface area contributed by atoms with Gasteiger partial charge in [-0.05, 0) is 43.5 Å². The number of nitrogens with one attached hydrogen (secondary N) is 3.